The molecule has 4 rings (SSSR count). The number of aliphatic imine (C=N–C) groups is 1. The molecular formula is C23H14BrClN2O5. The van der Waals surface area contributed by atoms with E-state index in [1.165, 1.54) is 18.2 Å². The monoisotopic (exact) mass is 512 g/mol. The minimum atomic E-state index is -0.656. The summed E-state index contributed by atoms with van der Waals surface area (Å²) in [5.41, 5.74) is 1.81. The zero-order valence-corrected chi connectivity index (χ0v) is 18.7. The molecule has 7 nitrogen and oxygen atoms in total. The number of nitro groups is 1. The number of ether oxygens (including phenoxy) is 2. The first-order valence-electron chi connectivity index (χ1n) is 9.34. The first-order chi connectivity index (χ1) is 15.4. The summed E-state index contributed by atoms with van der Waals surface area (Å²) in [7, 11) is 0. The molecule has 0 aliphatic carbocycles. The molecule has 3 aromatic carbocycles. The van der Waals surface area contributed by atoms with Gasteiger partial charge in [0, 0.05) is 22.2 Å². The second-order valence-corrected chi connectivity index (χ2v) is 8.04. The average Bonchev–Trinajstić information content (AvgIpc) is 3.13. The Morgan fingerprint density at radius 1 is 1.12 bits per heavy atom. The van der Waals surface area contributed by atoms with E-state index in [0.717, 1.165) is 10.0 Å². The molecule has 1 aliphatic heterocycles. The van der Waals surface area contributed by atoms with E-state index in [9.17, 15) is 14.9 Å². The summed E-state index contributed by atoms with van der Waals surface area (Å²) in [5.74, 6) is -0.102. The van der Waals surface area contributed by atoms with Crippen LogP contribution in [-0.2, 0) is 16.1 Å². The number of rotatable bonds is 6. The molecule has 0 amide bonds. The van der Waals surface area contributed by atoms with Crippen molar-refractivity contribution >= 4 is 51.2 Å². The Morgan fingerprint density at radius 3 is 2.69 bits per heavy atom. The molecule has 160 valence electrons. The minimum absolute atomic E-state index is 0.0197. The van der Waals surface area contributed by atoms with E-state index in [0.29, 0.717) is 17.9 Å². The number of cyclic esters (lactones) is 1. The fourth-order valence-corrected chi connectivity index (χ4v) is 3.68. The van der Waals surface area contributed by atoms with Crippen LogP contribution in [0.2, 0.25) is 5.02 Å². The van der Waals surface area contributed by atoms with Crippen LogP contribution in [0.5, 0.6) is 5.75 Å². The first kappa shape index (κ1) is 21.7. The van der Waals surface area contributed by atoms with E-state index < -0.39 is 10.9 Å². The molecule has 0 radical (unpaired) electrons. The lowest BCUT2D eigenvalue weighted by Gasteiger charge is -2.09. The van der Waals surface area contributed by atoms with Crippen LogP contribution in [0, 0.1) is 10.1 Å². The Morgan fingerprint density at radius 2 is 1.94 bits per heavy atom. The number of carbonyl (C=O) groups excluding carboxylic acids is 1. The van der Waals surface area contributed by atoms with Crippen LogP contribution in [0.25, 0.3) is 6.08 Å². The molecule has 0 spiro atoms. The number of para-hydroxylation sites is 1. The number of esters is 1. The third-order valence-electron chi connectivity index (χ3n) is 4.51. The molecule has 3 aromatic rings. The van der Waals surface area contributed by atoms with Crippen LogP contribution in [0.4, 0.5) is 5.69 Å². The van der Waals surface area contributed by atoms with Crippen molar-refractivity contribution in [1.82, 2.24) is 0 Å². The number of nitro benzene ring substituents is 1. The standard InChI is InChI=1S/C23H14BrClN2O5/c24-16-6-3-4-14(10-16)13-31-21-7-2-1-5-15(21)11-20-23(28)32-22(26-20)18-9-8-17(27(29)30)12-19(18)25/h1-12H,13H2/b20-11-. The number of hydrogen-bond donors (Lipinski definition) is 0. The predicted molar refractivity (Wildman–Crippen MR) is 124 cm³/mol. The van der Waals surface area contributed by atoms with Crippen molar-refractivity contribution in [3.8, 4) is 5.75 Å². The van der Waals surface area contributed by atoms with Gasteiger partial charge in [0.2, 0.25) is 5.90 Å². The lowest BCUT2D eigenvalue weighted by atomic mass is 10.1. The van der Waals surface area contributed by atoms with E-state index in [1.807, 2.05) is 36.4 Å². The minimum Gasteiger partial charge on any atom is -0.488 e. The molecule has 0 fully saturated rings. The van der Waals surface area contributed by atoms with Crippen molar-refractivity contribution in [1.29, 1.82) is 0 Å². The number of halogens is 2. The Bertz CT molecular complexity index is 1290. The van der Waals surface area contributed by atoms with Crippen molar-refractivity contribution in [3.63, 3.8) is 0 Å². The van der Waals surface area contributed by atoms with E-state index in [4.69, 9.17) is 21.1 Å². The number of benzene rings is 3. The number of hydrogen-bond acceptors (Lipinski definition) is 6. The Labute approximate surface area is 196 Å². The largest absolute Gasteiger partial charge is 0.488 e. The summed E-state index contributed by atoms with van der Waals surface area (Å²) in [6.45, 7) is 0.344. The topological polar surface area (TPSA) is 91.0 Å². The molecule has 1 aliphatic rings. The van der Waals surface area contributed by atoms with Gasteiger partial charge in [0.15, 0.2) is 5.70 Å². The van der Waals surface area contributed by atoms with Crippen LogP contribution in [-0.4, -0.2) is 16.8 Å². The molecule has 9 heteroatoms. The van der Waals surface area contributed by atoms with Crippen molar-refractivity contribution in [3.05, 3.63) is 109 Å². The van der Waals surface area contributed by atoms with Gasteiger partial charge in [-0.3, -0.25) is 10.1 Å². The molecule has 0 atom stereocenters. The molecule has 0 bridgehead atoms. The molecular weight excluding hydrogens is 500 g/mol. The summed E-state index contributed by atoms with van der Waals surface area (Å²) in [4.78, 5) is 26.9. The van der Waals surface area contributed by atoms with Gasteiger partial charge >= 0.3 is 5.97 Å². The fourth-order valence-electron chi connectivity index (χ4n) is 2.98. The van der Waals surface area contributed by atoms with Crippen molar-refractivity contribution in [2.24, 2.45) is 4.99 Å². The molecule has 0 saturated heterocycles. The molecule has 0 unspecified atom stereocenters. The fraction of sp³-hybridized carbons (Fsp3) is 0.0435. The second-order valence-electron chi connectivity index (χ2n) is 6.71. The Hall–Kier alpha value is -3.49. The summed E-state index contributed by atoms with van der Waals surface area (Å²) in [6, 6.07) is 18.8. The third kappa shape index (κ3) is 4.87. The van der Waals surface area contributed by atoms with Crippen LogP contribution in [0.3, 0.4) is 0 Å². The number of non-ortho nitro benzene ring substituents is 1. The van der Waals surface area contributed by atoms with Gasteiger partial charge in [-0.25, -0.2) is 9.79 Å². The summed E-state index contributed by atoms with van der Waals surface area (Å²) >= 11 is 9.56. The van der Waals surface area contributed by atoms with Gasteiger partial charge in [0.05, 0.1) is 15.5 Å². The summed E-state index contributed by atoms with van der Waals surface area (Å²) in [6.07, 6.45) is 1.56. The highest BCUT2D eigenvalue weighted by atomic mass is 79.9. The van der Waals surface area contributed by atoms with Gasteiger partial charge in [0.25, 0.3) is 5.69 Å². The zero-order valence-electron chi connectivity index (χ0n) is 16.3. The van der Waals surface area contributed by atoms with E-state index >= 15 is 0 Å². The van der Waals surface area contributed by atoms with Gasteiger partial charge in [-0.05, 0) is 35.9 Å². The Kier molecular flexibility index (Phi) is 6.34. The Balaban J connectivity index is 1.59. The highest BCUT2D eigenvalue weighted by Crippen LogP contribution is 2.29. The van der Waals surface area contributed by atoms with Gasteiger partial charge < -0.3 is 9.47 Å². The van der Waals surface area contributed by atoms with Crippen molar-refractivity contribution in [2.45, 2.75) is 6.61 Å². The highest BCUT2D eigenvalue weighted by molar-refractivity contribution is 9.10. The van der Waals surface area contributed by atoms with Gasteiger partial charge in [-0.1, -0.05) is 57.9 Å². The quantitative estimate of drug-likeness (QED) is 0.176. The van der Waals surface area contributed by atoms with Crippen molar-refractivity contribution < 1.29 is 19.2 Å². The van der Waals surface area contributed by atoms with Gasteiger partial charge in [0.1, 0.15) is 12.4 Å². The molecule has 0 N–H and O–H groups in total. The van der Waals surface area contributed by atoms with Crippen LogP contribution in [0.1, 0.15) is 16.7 Å². The van der Waals surface area contributed by atoms with E-state index in [-0.39, 0.29) is 27.9 Å². The second kappa shape index (κ2) is 9.33. The average molecular weight is 514 g/mol. The van der Waals surface area contributed by atoms with E-state index in [2.05, 4.69) is 20.9 Å². The van der Waals surface area contributed by atoms with Gasteiger partial charge in [-0.15, -0.1) is 0 Å². The lowest BCUT2D eigenvalue weighted by Crippen LogP contribution is -2.06. The highest BCUT2D eigenvalue weighted by Gasteiger charge is 2.26. The van der Waals surface area contributed by atoms with E-state index in [1.54, 1.807) is 18.2 Å². The summed E-state index contributed by atoms with van der Waals surface area (Å²) < 4.78 is 12.1. The van der Waals surface area contributed by atoms with Crippen molar-refractivity contribution in [2.75, 3.05) is 0 Å². The maximum Gasteiger partial charge on any atom is 0.363 e. The molecule has 0 saturated carbocycles. The van der Waals surface area contributed by atoms with Crippen LogP contribution >= 0.6 is 27.5 Å². The lowest BCUT2D eigenvalue weighted by molar-refractivity contribution is -0.384. The maximum absolute atomic E-state index is 12.4. The van der Waals surface area contributed by atoms with Crippen LogP contribution < -0.4 is 4.74 Å². The van der Waals surface area contributed by atoms with Gasteiger partial charge in [-0.2, -0.15) is 0 Å². The maximum atomic E-state index is 12.4. The third-order valence-corrected chi connectivity index (χ3v) is 5.31. The number of nitrogens with zero attached hydrogens (tertiary/aromatic N) is 2. The SMILES string of the molecule is O=C1OC(c2ccc([N+](=O)[O-])cc2Cl)=N/C1=C\c1ccccc1OCc1cccc(Br)c1. The molecule has 0 aromatic heterocycles. The van der Waals surface area contributed by atoms with Crippen LogP contribution in [0.15, 0.2) is 81.9 Å². The predicted octanol–water partition coefficient (Wildman–Crippen LogP) is 5.93. The molecule has 32 heavy (non-hydrogen) atoms. The first-order valence-corrected chi connectivity index (χ1v) is 10.5. The normalized spacial score (nSPS) is 14.2. The molecule has 1 heterocycles. The number of carbonyl (C=O) groups is 1. The zero-order chi connectivity index (χ0) is 22.7. The summed E-state index contributed by atoms with van der Waals surface area (Å²) in [5, 5.41) is 11.0. The smallest absolute Gasteiger partial charge is 0.363 e.